The highest BCUT2D eigenvalue weighted by Gasteiger charge is 2.09. The van der Waals surface area contributed by atoms with Crippen LogP contribution in [-0.2, 0) is 0 Å². The lowest BCUT2D eigenvalue weighted by Crippen LogP contribution is -2.11. The van der Waals surface area contributed by atoms with Crippen LogP contribution in [-0.4, -0.2) is 7.05 Å². The third-order valence-corrected chi connectivity index (χ3v) is 3.39. The number of nitrogens with zero attached hydrogens (tertiary/aromatic N) is 1. The van der Waals surface area contributed by atoms with E-state index in [0.29, 0.717) is 10.7 Å². The number of nitrogen functional groups attached to an aromatic ring is 1. The highest BCUT2D eigenvalue weighted by molar-refractivity contribution is 6.33. The molecule has 0 amide bonds. The van der Waals surface area contributed by atoms with Crippen molar-refractivity contribution in [2.45, 2.75) is 13.8 Å². The van der Waals surface area contributed by atoms with Crippen LogP contribution in [0.1, 0.15) is 11.1 Å². The van der Waals surface area contributed by atoms with Crippen LogP contribution in [0.25, 0.3) is 0 Å². The van der Waals surface area contributed by atoms with Crippen LogP contribution in [0, 0.1) is 13.8 Å². The van der Waals surface area contributed by atoms with Crippen molar-refractivity contribution in [3.05, 3.63) is 52.5 Å². The Morgan fingerprint density at radius 2 is 1.83 bits per heavy atom. The molecule has 0 bridgehead atoms. The zero-order valence-electron chi connectivity index (χ0n) is 10.9. The maximum Gasteiger partial charge on any atom is 0.0656 e. The smallest absolute Gasteiger partial charge is 0.0656 e. The molecule has 0 atom stereocenters. The van der Waals surface area contributed by atoms with Crippen LogP contribution < -0.4 is 10.6 Å². The van der Waals surface area contributed by atoms with Crippen LogP contribution in [0.4, 0.5) is 17.1 Å². The number of nitrogens with two attached hydrogens (primary N) is 1. The van der Waals surface area contributed by atoms with Gasteiger partial charge in [0, 0.05) is 18.4 Å². The first-order valence-electron chi connectivity index (χ1n) is 5.85. The predicted molar refractivity (Wildman–Crippen MR) is 79.8 cm³/mol. The minimum Gasteiger partial charge on any atom is -0.398 e. The quantitative estimate of drug-likeness (QED) is 0.816. The molecule has 0 radical (unpaired) electrons. The van der Waals surface area contributed by atoms with Crippen molar-refractivity contribution in [2.24, 2.45) is 0 Å². The molecule has 2 N–H and O–H groups in total. The predicted octanol–water partition coefficient (Wildman–Crippen LogP) is 4.31. The van der Waals surface area contributed by atoms with Crippen molar-refractivity contribution in [3.8, 4) is 0 Å². The first-order chi connectivity index (χ1) is 8.49. The van der Waals surface area contributed by atoms with E-state index in [4.69, 9.17) is 17.3 Å². The first kappa shape index (κ1) is 12.8. The van der Waals surface area contributed by atoms with E-state index in [1.54, 1.807) is 0 Å². The molecule has 94 valence electrons. The van der Waals surface area contributed by atoms with Crippen LogP contribution in [0.3, 0.4) is 0 Å². The zero-order chi connectivity index (χ0) is 13.3. The van der Waals surface area contributed by atoms with E-state index in [1.807, 2.05) is 26.1 Å². The average molecular weight is 261 g/mol. The van der Waals surface area contributed by atoms with Crippen LogP contribution >= 0.6 is 11.6 Å². The minimum atomic E-state index is 0.593. The van der Waals surface area contributed by atoms with Gasteiger partial charge in [0.2, 0.25) is 0 Å². The van der Waals surface area contributed by atoms with Gasteiger partial charge in [-0.3, -0.25) is 0 Å². The van der Waals surface area contributed by atoms with Gasteiger partial charge in [-0.2, -0.15) is 0 Å². The summed E-state index contributed by atoms with van der Waals surface area (Å²) in [5.74, 6) is 0. The molecule has 3 heteroatoms. The van der Waals surface area contributed by atoms with E-state index >= 15 is 0 Å². The Morgan fingerprint density at radius 1 is 1.11 bits per heavy atom. The molecule has 2 aromatic rings. The number of hydrogen-bond acceptors (Lipinski definition) is 2. The van der Waals surface area contributed by atoms with Crippen molar-refractivity contribution >= 4 is 28.7 Å². The van der Waals surface area contributed by atoms with Crippen molar-refractivity contribution < 1.29 is 0 Å². The molecular weight excluding hydrogens is 244 g/mol. The zero-order valence-corrected chi connectivity index (χ0v) is 11.6. The SMILES string of the molecule is Cc1cccc(N(C)c2cc(Cl)c(N)cc2C)c1. The minimum absolute atomic E-state index is 0.593. The number of aryl methyl sites for hydroxylation is 2. The Bertz CT molecular complexity index is 579. The summed E-state index contributed by atoms with van der Waals surface area (Å²) in [5, 5.41) is 0.593. The molecule has 0 spiro atoms. The van der Waals surface area contributed by atoms with Crippen molar-refractivity contribution in [1.82, 2.24) is 0 Å². The third kappa shape index (κ3) is 2.44. The van der Waals surface area contributed by atoms with E-state index < -0.39 is 0 Å². The Labute approximate surface area is 113 Å². The average Bonchev–Trinajstić information content (AvgIpc) is 2.33. The monoisotopic (exact) mass is 260 g/mol. The molecule has 0 aromatic heterocycles. The van der Waals surface area contributed by atoms with E-state index in [0.717, 1.165) is 16.9 Å². The van der Waals surface area contributed by atoms with Crippen molar-refractivity contribution in [2.75, 3.05) is 17.7 Å². The molecule has 18 heavy (non-hydrogen) atoms. The Balaban J connectivity index is 2.46. The largest absolute Gasteiger partial charge is 0.398 e. The lowest BCUT2D eigenvalue weighted by molar-refractivity contribution is 1.18. The summed E-state index contributed by atoms with van der Waals surface area (Å²) in [6.07, 6.45) is 0. The third-order valence-electron chi connectivity index (χ3n) is 3.07. The van der Waals surface area contributed by atoms with E-state index in [-0.39, 0.29) is 0 Å². The van der Waals surface area contributed by atoms with Crippen LogP contribution in [0.5, 0.6) is 0 Å². The van der Waals surface area contributed by atoms with Gasteiger partial charge in [0.1, 0.15) is 0 Å². The second-order valence-electron chi connectivity index (χ2n) is 4.56. The number of anilines is 3. The molecule has 2 nitrogen and oxygen atoms in total. The van der Waals surface area contributed by atoms with Gasteiger partial charge in [-0.1, -0.05) is 23.7 Å². The summed E-state index contributed by atoms with van der Waals surface area (Å²) in [6, 6.07) is 12.2. The van der Waals surface area contributed by atoms with Gasteiger partial charge in [0.15, 0.2) is 0 Å². The summed E-state index contributed by atoms with van der Waals surface area (Å²) in [5.41, 5.74) is 11.0. The summed E-state index contributed by atoms with van der Waals surface area (Å²) in [4.78, 5) is 2.12. The lowest BCUT2D eigenvalue weighted by atomic mass is 10.1. The lowest BCUT2D eigenvalue weighted by Gasteiger charge is -2.22. The van der Waals surface area contributed by atoms with Crippen molar-refractivity contribution in [3.63, 3.8) is 0 Å². The molecule has 0 aliphatic rings. The van der Waals surface area contributed by atoms with E-state index in [2.05, 4.69) is 36.1 Å². The molecule has 0 aliphatic carbocycles. The summed E-state index contributed by atoms with van der Waals surface area (Å²) in [6.45, 7) is 4.12. The molecule has 0 heterocycles. The van der Waals surface area contributed by atoms with Gasteiger partial charge >= 0.3 is 0 Å². The van der Waals surface area contributed by atoms with Gasteiger partial charge in [-0.05, 0) is 49.2 Å². The normalized spacial score (nSPS) is 10.4. The Kier molecular flexibility index (Phi) is 3.48. The fourth-order valence-electron chi connectivity index (χ4n) is 2.03. The molecule has 0 unspecified atom stereocenters. The molecule has 0 saturated heterocycles. The van der Waals surface area contributed by atoms with Gasteiger partial charge < -0.3 is 10.6 Å². The Hall–Kier alpha value is -1.67. The maximum atomic E-state index is 6.10. The molecule has 2 aromatic carbocycles. The number of benzene rings is 2. The van der Waals surface area contributed by atoms with E-state index in [1.165, 1.54) is 5.56 Å². The van der Waals surface area contributed by atoms with E-state index in [9.17, 15) is 0 Å². The van der Waals surface area contributed by atoms with Crippen LogP contribution in [0.2, 0.25) is 5.02 Å². The molecular formula is C15H17ClN2. The standard InChI is InChI=1S/C15H17ClN2/c1-10-5-4-6-12(7-10)18(3)15-9-13(16)14(17)8-11(15)2/h4-9H,17H2,1-3H3. The second kappa shape index (κ2) is 4.91. The highest BCUT2D eigenvalue weighted by Crippen LogP contribution is 2.32. The Morgan fingerprint density at radius 3 is 2.50 bits per heavy atom. The number of halogens is 1. The summed E-state index contributed by atoms with van der Waals surface area (Å²) < 4.78 is 0. The van der Waals surface area contributed by atoms with Gasteiger partial charge in [0.25, 0.3) is 0 Å². The second-order valence-corrected chi connectivity index (χ2v) is 4.97. The molecule has 0 saturated carbocycles. The summed E-state index contributed by atoms with van der Waals surface area (Å²) in [7, 11) is 2.03. The maximum absolute atomic E-state index is 6.10. The van der Waals surface area contributed by atoms with Crippen molar-refractivity contribution in [1.29, 1.82) is 0 Å². The number of hydrogen-bond donors (Lipinski definition) is 1. The van der Waals surface area contributed by atoms with Gasteiger partial charge in [-0.25, -0.2) is 0 Å². The summed E-state index contributed by atoms with van der Waals surface area (Å²) >= 11 is 6.10. The van der Waals surface area contributed by atoms with Gasteiger partial charge in [0.05, 0.1) is 10.7 Å². The number of rotatable bonds is 2. The fraction of sp³-hybridized carbons (Fsp3) is 0.200. The first-order valence-corrected chi connectivity index (χ1v) is 6.23. The molecule has 0 aliphatic heterocycles. The molecule has 0 fully saturated rings. The fourth-order valence-corrected chi connectivity index (χ4v) is 2.19. The van der Waals surface area contributed by atoms with Gasteiger partial charge in [-0.15, -0.1) is 0 Å². The van der Waals surface area contributed by atoms with Crippen LogP contribution in [0.15, 0.2) is 36.4 Å². The highest BCUT2D eigenvalue weighted by atomic mass is 35.5. The topological polar surface area (TPSA) is 29.3 Å². The molecule has 2 rings (SSSR count).